The van der Waals surface area contributed by atoms with Crippen LogP contribution in [0.5, 0.6) is 11.5 Å². The van der Waals surface area contributed by atoms with Gasteiger partial charge in [-0.05, 0) is 6.07 Å². The zero-order chi connectivity index (χ0) is 23.2. The molecule has 33 heavy (non-hydrogen) atoms. The number of carbonyl (C=O) groups is 2. The molecule has 0 aliphatic heterocycles. The second kappa shape index (κ2) is 9.65. The first-order chi connectivity index (χ1) is 16.0. The van der Waals surface area contributed by atoms with E-state index < -0.39 is 25.2 Å². The number of carboxylic acids is 2. The Morgan fingerprint density at radius 1 is 0.788 bits per heavy atom. The molecule has 4 aromatic rings. The molecule has 0 aliphatic carbocycles. The van der Waals surface area contributed by atoms with Crippen LogP contribution in [0.2, 0.25) is 0 Å². The lowest BCUT2D eigenvalue weighted by molar-refractivity contribution is -0.140. The van der Waals surface area contributed by atoms with Crippen molar-refractivity contribution in [3.8, 4) is 22.8 Å². The van der Waals surface area contributed by atoms with Gasteiger partial charge in [0.25, 0.3) is 0 Å². The van der Waals surface area contributed by atoms with Gasteiger partial charge < -0.3 is 24.7 Å². The van der Waals surface area contributed by atoms with E-state index in [1.165, 1.54) is 18.2 Å². The highest BCUT2D eigenvalue weighted by Crippen LogP contribution is 2.38. The first kappa shape index (κ1) is 21.6. The van der Waals surface area contributed by atoms with E-state index in [1.54, 1.807) is 0 Å². The predicted octanol–water partition coefficient (Wildman–Crippen LogP) is 5.18. The first-order valence-corrected chi connectivity index (χ1v) is 9.92. The summed E-state index contributed by atoms with van der Waals surface area (Å²) in [4.78, 5) is 25.1. The van der Waals surface area contributed by atoms with Gasteiger partial charge in [-0.15, -0.1) is 5.11 Å². The van der Waals surface area contributed by atoms with Gasteiger partial charge in [-0.25, -0.2) is 9.59 Å². The Morgan fingerprint density at radius 3 is 2.03 bits per heavy atom. The Balaban J connectivity index is 1.73. The summed E-state index contributed by atoms with van der Waals surface area (Å²) in [5.41, 5.74) is 3.56. The highest BCUT2D eigenvalue weighted by Gasteiger charge is 2.13. The number of hydrogen-bond donors (Lipinski definition) is 3. The number of hydrogen-bond acceptors (Lipinski definition) is 6. The average Bonchev–Trinajstić information content (AvgIpc) is 3.19. The minimum atomic E-state index is -1.15. The number of benzene rings is 3. The van der Waals surface area contributed by atoms with Crippen LogP contribution in [0.15, 0.2) is 83.0 Å². The summed E-state index contributed by atoms with van der Waals surface area (Å²) >= 11 is 0. The number of rotatable bonds is 9. The van der Waals surface area contributed by atoms with Crippen molar-refractivity contribution in [3.05, 3.63) is 72.8 Å². The SMILES string of the molecule is O=C(O)COc1cc(N=Nc2c(-c3ccccc3)[nH]c3ccccc23)cc(OCC(=O)O)c1. The van der Waals surface area contributed by atoms with Gasteiger partial charge in [0.1, 0.15) is 17.2 Å². The summed E-state index contributed by atoms with van der Waals surface area (Å²) in [7, 11) is 0. The van der Waals surface area contributed by atoms with Gasteiger partial charge in [0.2, 0.25) is 0 Å². The summed E-state index contributed by atoms with van der Waals surface area (Å²) in [6.07, 6.45) is 0. The van der Waals surface area contributed by atoms with E-state index in [2.05, 4.69) is 15.2 Å². The molecular formula is C24H19N3O6. The van der Waals surface area contributed by atoms with E-state index in [0.717, 1.165) is 22.2 Å². The molecule has 0 unspecified atom stereocenters. The Labute approximate surface area is 187 Å². The van der Waals surface area contributed by atoms with Crippen LogP contribution in [0.3, 0.4) is 0 Å². The molecule has 4 rings (SSSR count). The third-order valence-electron chi connectivity index (χ3n) is 4.60. The number of fused-ring (bicyclic) bond motifs is 1. The highest BCUT2D eigenvalue weighted by atomic mass is 16.5. The smallest absolute Gasteiger partial charge is 0.341 e. The minimum Gasteiger partial charge on any atom is -0.482 e. The molecule has 9 nitrogen and oxygen atoms in total. The fourth-order valence-electron chi connectivity index (χ4n) is 3.22. The largest absolute Gasteiger partial charge is 0.482 e. The molecule has 0 radical (unpaired) electrons. The van der Waals surface area contributed by atoms with Crippen LogP contribution in [0.25, 0.3) is 22.2 Å². The van der Waals surface area contributed by atoms with Crippen LogP contribution >= 0.6 is 0 Å². The predicted molar refractivity (Wildman–Crippen MR) is 121 cm³/mol. The van der Waals surface area contributed by atoms with Gasteiger partial charge in [-0.2, -0.15) is 5.11 Å². The summed E-state index contributed by atoms with van der Waals surface area (Å²) in [5, 5.41) is 27.4. The number of carboxylic acid groups (broad SMARTS) is 2. The molecule has 0 aliphatic rings. The maximum atomic E-state index is 10.9. The maximum Gasteiger partial charge on any atom is 0.341 e. The van der Waals surface area contributed by atoms with Crippen molar-refractivity contribution in [3.63, 3.8) is 0 Å². The third-order valence-corrected chi connectivity index (χ3v) is 4.60. The van der Waals surface area contributed by atoms with Gasteiger partial charge in [-0.1, -0.05) is 48.5 Å². The van der Waals surface area contributed by atoms with Crippen LogP contribution in [0, 0.1) is 0 Å². The minimum absolute atomic E-state index is 0.163. The molecule has 3 aromatic carbocycles. The normalized spacial score (nSPS) is 11.0. The summed E-state index contributed by atoms with van der Waals surface area (Å²) in [5.74, 6) is -1.98. The summed E-state index contributed by atoms with van der Waals surface area (Å²) < 4.78 is 10.4. The molecule has 0 saturated carbocycles. The lowest BCUT2D eigenvalue weighted by atomic mass is 10.1. The number of H-pyrrole nitrogens is 1. The standard InChI is InChI=1S/C24H19N3O6/c28-21(29)13-32-17-10-16(11-18(12-17)33-14-22(30)31)26-27-24-19-8-4-5-9-20(19)25-23(24)15-6-2-1-3-7-15/h1-12,25H,13-14H2,(H,28,29)(H,30,31). The Bertz CT molecular complexity index is 1290. The maximum absolute atomic E-state index is 10.9. The molecule has 9 heteroatoms. The van der Waals surface area contributed by atoms with Crippen LogP contribution in [-0.2, 0) is 9.59 Å². The van der Waals surface area contributed by atoms with E-state index in [0.29, 0.717) is 11.4 Å². The van der Waals surface area contributed by atoms with Gasteiger partial charge in [-0.3, -0.25) is 0 Å². The van der Waals surface area contributed by atoms with Crippen LogP contribution in [0.1, 0.15) is 0 Å². The molecule has 1 aromatic heterocycles. The number of nitrogens with zero attached hydrogens (tertiary/aromatic N) is 2. The van der Waals surface area contributed by atoms with E-state index in [1.807, 2.05) is 54.6 Å². The summed E-state index contributed by atoms with van der Waals surface area (Å²) in [6.45, 7) is -1.14. The molecule has 0 fully saturated rings. The van der Waals surface area contributed by atoms with Crippen molar-refractivity contribution < 1.29 is 29.3 Å². The number of aliphatic carboxylic acids is 2. The van der Waals surface area contributed by atoms with E-state index in [4.69, 9.17) is 19.7 Å². The monoisotopic (exact) mass is 445 g/mol. The average molecular weight is 445 g/mol. The van der Waals surface area contributed by atoms with Crippen molar-refractivity contribution >= 4 is 34.2 Å². The molecule has 0 amide bonds. The van der Waals surface area contributed by atoms with E-state index in [-0.39, 0.29) is 11.5 Å². The molecule has 3 N–H and O–H groups in total. The third kappa shape index (κ3) is 5.34. The molecule has 0 spiro atoms. The van der Waals surface area contributed by atoms with Gasteiger partial charge in [0, 0.05) is 34.7 Å². The van der Waals surface area contributed by atoms with Gasteiger partial charge >= 0.3 is 11.9 Å². The van der Waals surface area contributed by atoms with Gasteiger partial charge in [0.15, 0.2) is 13.2 Å². The topological polar surface area (TPSA) is 134 Å². The molecule has 1 heterocycles. The molecule has 0 saturated heterocycles. The zero-order valence-electron chi connectivity index (χ0n) is 17.3. The van der Waals surface area contributed by atoms with Crippen molar-refractivity contribution in [1.29, 1.82) is 0 Å². The number of aromatic nitrogens is 1. The van der Waals surface area contributed by atoms with Crippen molar-refractivity contribution in [2.24, 2.45) is 10.2 Å². The summed E-state index contributed by atoms with van der Waals surface area (Å²) in [6, 6.07) is 21.8. The number of ether oxygens (including phenoxy) is 2. The number of azo groups is 1. The second-order valence-electron chi connectivity index (χ2n) is 6.99. The van der Waals surface area contributed by atoms with Crippen LogP contribution < -0.4 is 9.47 Å². The fraction of sp³-hybridized carbons (Fsp3) is 0.0833. The second-order valence-corrected chi connectivity index (χ2v) is 6.99. The molecule has 0 atom stereocenters. The Hall–Kier alpha value is -4.66. The van der Waals surface area contributed by atoms with E-state index in [9.17, 15) is 9.59 Å². The van der Waals surface area contributed by atoms with Gasteiger partial charge in [0.05, 0.1) is 11.4 Å². The van der Waals surface area contributed by atoms with Crippen molar-refractivity contribution in [1.82, 2.24) is 4.98 Å². The fourth-order valence-corrected chi connectivity index (χ4v) is 3.22. The Kier molecular flexibility index (Phi) is 6.31. The van der Waals surface area contributed by atoms with Crippen molar-refractivity contribution in [2.75, 3.05) is 13.2 Å². The molecule has 166 valence electrons. The highest BCUT2D eigenvalue weighted by molar-refractivity contribution is 5.99. The quantitative estimate of drug-likeness (QED) is 0.304. The van der Waals surface area contributed by atoms with E-state index >= 15 is 0 Å². The molecular weight excluding hydrogens is 426 g/mol. The van der Waals surface area contributed by atoms with Crippen molar-refractivity contribution in [2.45, 2.75) is 0 Å². The Morgan fingerprint density at radius 2 is 1.39 bits per heavy atom. The number of aromatic amines is 1. The molecule has 0 bridgehead atoms. The first-order valence-electron chi connectivity index (χ1n) is 9.92. The lowest BCUT2D eigenvalue weighted by Crippen LogP contribution is -2.11. The van der Waals surface area contributed by atoms with Crippen LogP contribution in [-0.4, -0.2) is 40.3 Å². The number of para-hydroxylation sites is 1. The zero-order valence-corrected chi connectivity index (χ0v) is 17.3. The number of nitrogens with one attached hydrogen (secondary N) is 1. The lowest BCUT2D eigenvalue weighted by Gasteiger charge is -2.08. The van der Waals surface area contributed by atoms with Crippen LogP contribution in [0.4, 0.5) is 11.4 Å².